The van der Waals surface area contributed by atoms with E-state index in [1.165, 1.54) is 18.2 Å². The smallest absolute Gasteiger partial charge is 0.350 e. The van der Waals surface area contributed by atoms with Crippen LogP contribution in [-0.2, 0) is 32.8 Å². The molecule has 0 aliphatic carbocycles. The molecule has 0 unspecified atom stereocenters. The zero-order chi connectivity index (χ0) is 30.3. The van der Waals surface area contributed by atoms with Gasteiger partial charge in [-0.2, -0.15) is 4.90 Å². The van der Waals surface area contributed by atoms with E-state index in [0.717, 1.165) is 5.52 Å². The number of hydrogen-bond donors (Lipinski definition) is 3. The largest absolute Gasteiger partial charge is 0.469 e. The number of phosphoric acid groups is 1. The van der Waals surface area contributed by atoms with Crippen molar-refractivity contribution in [2.24, 2.45) is 14.1 Å². The van der Waals surface area contributed by atoms with Gasteiger partial charge < -0.3 is 24.2 Å². The van der Waals surface area contributed by atoms with Crippen LogP contribution in [0.1, 0.15) is 24.0 Å². The maximum atomic E-state index is 13.9. The van der Waals surface area contributed by atoms with Gasteiger partial charge in [-0.3, -0.25) is 24.2 Å². The number of imide groups is 3. The molecule has 0 atom stereocenters. The maximum absolute atomic E-state index is 13.9. The molecule has 0 saturated carbocycles. The van der Waals surface area contributed by atoms with Gasteiger partial charge in [0.2, 0.25) is 0 Å². The van der Waals surface area contributed by atoms with E-state index in [0.29, 0.717) is 32.3 Å². The molecule has 2 aromatic heterocycles. The summed E-state index contributed by atoms with van der Waals surface area (Å²) in [5.41, 5.74) is 1.92. The molecule has 1 aliphatic heterocycles. The van der Waals surface area contributed by atoms with Crippen LogP contribution in [0.2, 0.25) is 0 Å². The summed E-state index contributed by atoms with van der Waals surface area (Å²) in [6.07, 6.45) is 3.78. The third-order valence-electron chi connectivity index (χ3n) is 7.01. The summed E-state index contributed by atoms with van der Waals surface area (Å²) in [5, 5.41) is 15.1. The molecule has 3 heterocycles. The van der Waals surface area contributed by atoms with Crippen LogP contribution in [0.3, 0.4) is 0 Å². The van der Waals surface area contributed by atoms with Gasteiger partial charge in [0.1, 0.15) is 0 Å². The van der Waals surface area contributed by atoms with Crippen molar-refractivity contribution in [3.8, 4) is 0 Å². The standard InChI is InChI=1S/C27H26N5O9P.Na/c1-29-14-19(17-7-3-4-8-21(17)29)23-24(20-15-30(2)22-13-16(32(36)37)9-10-18(20)22)26(34)31(25(23)33)27(35)28-11-5-6-12-41-42(38,39)40;/h3-4,7-10,13-15H,5-6,11-12H2,1-2H3,(H,28,35)(H2,38,39,40);. The Morgan fingerprint density at radius 1 is 0.953 bits per heavy atom. The number of fused-ring (bicyclic) bond motifs is 2. The van der Waals surface area contributed by atoms with E-state index >= 15 is 0 Å². The minimum Gasteiger partial charge on any atom is -0.350 e. The van der Waals surface area contributed by atoms with E-state index < -0.39 is 30.6 Å². The summed E-state index contributed by atoms with van der Waals surface area (Å²) in [6, 6.07) is 10.5. The van der Waals surface area contributed by atoms with Gasteiger partial charge in [-0.1, -0.05) is 18.2 Å². The fraction of sp³-hybridized carbons (Fsp3) is 0.222. The number of nitrogens with one attached hydrogen (secondary N) is 1. The molecule has 1 aliphatic rings. The number of nitro groups is 1. The first-order valence-electron chi connectivity index (χ1n) is 12.8. The van der Waals surface area contributed by atoms with Crippen molar-refractivity contribution >= 4 is 93.9 Å². The van der Waals surface area contributed by atoms with Crippen LogP contribution < -0.4 is 5.32 Å². The maximum Gasteiger partial charge on any atom is 0.469 e. The first-order chi connectivity index (χ1) is 19.9. The molecule has 1 radical (unpaired) electrons. The van der Waals surface area contributed by atoms with Crippen molar-refractivity contribution in [2.45, 2.75) is 12.8 Å². The molecule has 3 N–H and O–H groups in total. The van der Waals surface area contributed by atoms with Crippen LogP contribution in [-0.4, -0.2) is 89.3 Å². The second kappa shape index (κ2) is 12.5. The quantitative estimate of drug-likeness (QED) is 0.0633. The number of aryl methyl sites for hydroxylation is 2. The van der Waals surface area contributed by atoms with E-state index in [1.807, 2.05) is 22.8 Å². The Bertz CT molecular complexity index is 1870. The molecule has 14 nitrogen and oxygen atoms in total. The number of benzene rings is 2. The second-order valence-corrected chi connectivity index (χ2v) is 11.0. The molecule has 219 valence electrons. The zero-order valence-electron chi connectivity index (χ0n) is 23.5. The van der Waals surface area contributed by atoms with E-state index in [9.17, 15) is 29.1 Å². The van der Waals surface area contributed by atoms with E-state index in [2.05, 4.69) is 9.84 Å². The zero-order valence-corrected chi connectivity index (χ0v) is 26.4. The Hall–Kier alpha value is -3.62. The molecule has 0 fully saturated rings. The van der Waals surface area contributed by atoms with Gasteiger partial charge in [-0.05, 0) is 25.0 Å². The first-order valence-corrected chi connectivity index (χ1v) is 14.3. The van der Waals surface area contributed by atoms with Crippen LogP contribution in [0, 0.1) is 10.1 Å². The molecule has 2 aromatic carbocycles. The fourth-order valence-electron chi connectivity index (χ4n) is 5.12. The van der Waals surface area contributed by atoms with Crippen molar-refractivity contribution in [1.29, 1.82) is 0 Å². The number of nitrogens with zero attached hydrogens (tertiary/aromatic N) is 4. The van der Waals surface area contributed by atoms with E-state index in [4.69, 9.17) is 9.79 Å². The molecular weight excluding hydrogens is 592 g/mol. The normalized spacial score (nSPS) is 13.7. The Labute approximate surface area is 266 Å². The third-order valence-corrected chi connectivity index (χ3v) is 7.53. The Balaban J connectivity index is 0.00000423. The number of nitro benzene ring substituents is 1. The number of urea groups is 1. The first kappa shape index (κ1) is 32.3. The van der Waals surface area contributed by atoms with Crippen LogP contribution in [0.15, 0.2) is 54.9 Å². The number of carbonyl (C=O) groups excluding carboxylic acids is 3. The molecule has 4 aromatic rings. The molecule has 0 saturated heterocycles. The average molecular weight is 618 g/mol. The van der Waals surface area contributed by atoms with Crippen molar-refractivity contribution in [1.82, 2.24) is 19.4 Å². The molecule has 0 spiro atoms. The van der Waals surface area contributed by atoms with Gasteiger partial charge >= 0.3 is 13.9 Å². The molecule has 4 amide bonds. The van der Waals surface area contributed by atoms with Crippen molar-refractivity contribution in [2.75, 3.05) is 13.2 Å². The third kappa shape index (κ3) is 6.22. The number of para-hydroxylation sites is 1. The number of non-ortho nitro benzene ring substituents is 1. The van der Waals surface area contributed by atoms with Crippen molar-refractivity contribution in [3.05, 3.63) is 76.1 Å². The molecular formula is C27H26N5NaO9P. The van der Waals surface area contributed by atoms with Crippen molar-refractivity contribution < 1.29 is 38.2 Å². The SMILES string of the molecule is Cn1cc(C2=C(c3cn(C)c4cc([N+](=O)[O-])ccc34)C(=O)N(C(=O)NCCCCOP(=O)(O)O)C2=O)c2ccccc21.[Na]. The summed E-state index contributed by atoms with van der Waals surface area (Å²) >= 11 is 0. The van der Waals surface area contributed by atoms with Crippen LogP contribution in [0.25, 0.3) is 33.0 Å². The Morgan fingerprint density at radius 3 is 2.14 bits per heavy atom. The molecule has 16 heteroatoms. The summed E-state index contributed by atoms with van der Waals surface area (Å²) < 4.78 is 18.6. The summed E-state index contributed by atoms with van der Waals surface area (Å²) in [4.78, 5) is 69.9. The van der Waals surface area contributed by atoms with Gasteiger partial charge in [-0.25, -0.2) is 9.36 Å². The van der Waals surface area contributed by atoms with Crippen LogP contribution in [0.5, 0.6) is 0 Å². The second-order valence-electron chi connectivity index (χ2n) is 9.74. The monoisotopic (exact) mass is 618 g/mol. The molecule has 43 heavy (non-hydrogen) atoms. The Morgan fingerprint density at radius 2 is 1.53 bits per heavy atom. The summed E-state index contributed by atoms with van der Waals surface area (Å²) in [6.45, 7) is -0.227. The number of unbranched alkanes of at least 4 members (excludes halogenated alkanes) is 1. The summed E-state index contributed by atoms with van der Waals surface area (Å²) in [7, 11) is -1.15. The van der Waals surface area contributed by atoms with E-state index in [1.54, 1.807) is 37.1 Å². The van der Waals surface area contributed by atoms with Crippen LogP contribution in [0.4, 0.5) is 10.5 Å². The number of carbonyl (C=O) groups is 3. The van der Waals surface area contributed by atoms with Gasteiger partial charge in [0.05, 0.1) is 28.2 Å². The average Bonchev–Trinajstić information content (AvgIpc) is 3.53. The topological polar surface area (TPSA) is 186 Å². The number of phosphoric ester groups is 1. The van der Waals surface area contributed by atoms with Gasteiger partial charge in [0.15, 0.2) is 0 Å². The van der Waals surface area contributed by atoms with Gasteiger partial charge in [0, 0.05) is 102 Å². The summed E-state index contributed by atoms with van der Waals surface area (Å²) in [5.74, 6) is -1.68. The van der Waals surface area contributed by atoms with Crippen molar-refractivity contribution in [3.63, 3.8) is 0 Å². The molecule has 0 bridgehead atoms. The molecule has 5 rings (SSSR count). The fourth-order valence-corrected chi connectivity index (χ4v) is 5.49. The van der Waals surface area contributed by atoms with Gasteiger partial charge in [-0.15, -0.1) is 0 Å². The van der Waals surface area contributed by atoms with Gasteiger partial charge in [0.25, 0.3) is 17.5 Å². The number of rotatable bonds is 9. The number of hydrogen-bond acceptors (Lipinski definition) is 7. The Kier molecular flexibility index (Phi) is 9.42. The predicted molar refractivity (Wildman–Crippen MR) is 158 cm³/mol. The number of amides is 4. The minimum atomic E-state index is -4.61. The predicted octanol–water partition coefficient (Wildman–Crippen LogP) is 3.08. The minimum absolute atomic E-state index is 0. The number of aromatic nitrogens is 2. The van der Waals surface area contributed by atoms with E-state index in [-0.39, 0.29) is 72.4 Å². The van der Waals surface area contributed by atoms with Crippen LogP contribution >= 0.6 is 7.82 Å².